The first-order chi connectivity index (χ1) is 15.6. The van der Waals surface area contributed by atoms with Crippen molar-refractivity contribution in [1.29, 1.82) is 0 Å². The standard InChI is InChI=1S/C24H32BrN3O4S/c1-4-15-26-24(30)19(2)27(18-20-10-8-11-21(25)17-20)23(29)14-9-16-28(33(3,31)32)22-12-6-5-7-13-22/h5-8,10-13,17,19H,4,9,14-16,18H2,1-3H3,(H,26,30)/t19-/m1/s1. The van der Waals surface area contributed by atoms with Crippen molar-refractivity contribution in [2.45, 2.75) is 45.7 Å². The normalized spacial score (nSPS) is 12.1. The molecule has 180 valence electrons. The fraction of sp³-hybridized carbons (Fsp3) is 0.417. The molecule has 0 bridgehead atoms. The largest absolute Gasteiger partial charge is 0.354 e. The summed E-state index contributed by atoms with van der Waals surface area (Å²) in [6.07, 6.45) is 2.41. The lowest BCUT2D eigenvalue weighted by atomic mass is 10.1. The van der Waals surface area contributed by atoms with Crippen LogP contribution in [0, 0.1) is 0 Å². The maximum absolute atomic E-state index is 13.2. The summed E-state index contributed by atoms with van der Waals surface area (Å²) in [6.45, 7) is 4.69. The van der Waals surface area contributed by atoms with Gasteiger partial charge in [-0.2, -0.15) is 0 Å². The second-order valence-electron chi connectivity index (χ2n) is 7.89. The van der Waals surface area contributed by atoms with Crippen molar-refractivity contribution < 1.29 is 18.0 Å². The summed E-state index contributed by atoms with van der Waals surface area (Å²) in [5.74, 6) is -0.405. The molecular weight excluding hydrogens is 506 g/mol. The first-order valence-corrected chi connectivity index (χ1v) is 13.6. The van der Waals surface area contributed by atoms with E-state index in [1.165, 1.54) is 4.31 Å². The highest BCUT2D eigenvalue weighted by Crippen LogP contribution is 2.19. The summed E-state index contributed by atoms with van der Waals surface area (Å²) >= 11 is 3.44. The summed E-state index contributed by atoms with van der Waals surface area (Å²) < 4.78 is 26.8. The second-order valence-corrected chi connectivity index (χ2v) is 10.7. The molecule has 0 fully saturated rings. The number of carbonyl (C=O) groups excluding carboxylic acids is 2. The van der Waals surface area contributed by atoms with E-state index < -0.39 is 16.1 Å². The number of nitrogens with zero attached hydrogens (tertiary/aromatic N) is 2. The lowest BCUT2D eigenvalue weighted by molar-refractivity contribution is -0.140. The van der Waals surface area contributed by atoms with Gasteiger partial charge in [0.05, 0.1) is 11.9 Å². The van der Waals surface area contributed by atoms with Gasteiger partial charge >= 0.3 is 0 Å². The van der Waals surface area contributed by atoms with Crippen LogP contribution in [0.2, 0.25) is 0 Å². The summed E-state index contributed by atoms with van der Waals surface area (Å²) in [4.78, 5) is 27.3. The minimum atomic E-state index is -3.49. The van der Waals surface area contributed by atoms with E-state index in [0.717, 1.165) is 22.7 Å². The highest BCUT2D eigenvalue weighted by molar-refractivity contribution is 9.10. The average Bonchev–Trinajstić information content (AvgIpc) is 2.77. The number of halogens is 1. The zero-order chi connectivity index (χ0) is 24.4. The van der Waals surface area contributed by atoms with E-state index in [0.29, 0.717) is 18.7 Å². The van der Waals surface area contributed by atoms with E-state index in [1.54, 1.807) is 36.1 Å². The monoisotopic (exact) mass is 537 g/mol. The SMILES string of the molecule is CCCNC(=O)[C@@H](C)N(Cc1cccc(Br)c1)C(=O)CCCN(c1ccccc1)S(C)(=O)=O. The Balaban J connectivity index is 2.13. The van der Waals surface area contributed by atoms with E-state index in [2.05, 4.69) is 21.2 Å². The first-order valence-electron chi connectivity index (χ1n) is 11.0. The van der Waals surface area contributed by atoms with Crippen molar-refractivity contribution in [3.05, 3.63) is 64.6 Å². The van der Waals surface area contributed by atoms with Crippen LogP contribution >= 0.6 is 15.9 Å². The van der Waals surface area contributed by atoms with Crippen molar-refractivity contribution in [1.82, 2.24) is 10.2 Å². The molecule has 2 aromatic carbocycles. The van der Waals surface area contributed by atoms with Crippen molar-refractivity contribution in [3.63, 3.8) is 0 Å². The predicted molar refractivity (Wildman–Crippen MR) is 135 cm³/mol. The average molecular weight is 539 g/mol. The number of rotatable bonds is 12. The van der Waals surface area contributed by atoms with E-state index in [9.17, 15) is 18.0 Å². The van der Waals surface area contributed by atoms with Crippen molar-refractivity contribution in [2.24, 2.45) is 0 Å². The molecule has 33 heavy (non-hydrogen) atoms. The zero-order valence-corrected chi connectivity index (χ0v) is 21.7. The van der Waals surface area contributed by atoms with Crippen LogP contribution in [0.3, 0.4) is 0 Å². The maximum Gasteiger partial charge on any atom is 0.242 e. The minimum Gasteiger partial charge on any atom is -0.354 e. The topological polar surface area (TPSA) is 86.8 Å². The molecule has 9 heteroatoms. The number of carbonyl (C=O) groups is 2. The van der Waals surface area contributed by atoms with Crippen LogP contribution < -0.4 is 9.62 Å². The molecule has 0 aliphatic heterocycles. The lowest BCUT2D eigenvalue weighted by Gasteiger charge is -2.29. The number of anilines is 1. The molecule has 0 unspecified atom stereocenters. The molecule has 0 aliphatic rings. The number of benzene rings is 2. The van der Waals surface area contributed by atoms with Crippen LogP contribution in [0.5, 0.6) is 0 Å². The van der Waals surface area contributed by atoms with Gasteiger partial charge in [-0.15, -0.1) is 0 Å². The van der Waals surface area contributed by atoms with Gasteiger partial charge in [-0.1, -0.05) is 53.2 Å². The van der Waals surface area contributed by atoms with Gasteiger partial charge in [-0.05, 0) is 49.6 Å². The van der Waals surface area contributed by atoms with Gasteiger partial charge in [0.1, 0.15) is 6.04 Å². The molecule has 7 nitrogen and oxygen atoms in total. The molecule has 0 aromatic heterocycles. The molecule has 0 aliphatic carbocycles. The molecule has 0 saturated heterocycles. The summed E-state index contributed by atoms with van der Waals surface area (Å²) in [5.41, 5.74) is 1.46. The van der Waals surface area contributed by atoms with Gasteiger partial charge in [0, 0.05) is 30.5 Å². The number of sulfonamides is 1. The van der Waals surface area contributed by atoms with Crippen LogP contribution in [-0.4, -0.2) is 50.5 Å². The fourth-order valence-electron chi connectivity index (χ4n) is 3.41. The summed E-state index contributed by atoms with van der Waals surface area (Å²) in [5, 5.41) is 2.85. The van der Waals surface area contributed by atoms with Crippen LogP contribution in [-0.2, 0) is 26.2 Å². The van der Waals surface area contributed by atoms with Crippen molar-refractivity contribution in [2.75, 3.05) is 23.7 Å². The Bertz CT molecular complexity index is 1030. The molecule has 1 atom stereocenters. The smallest absolute Gasteiger partial charge is 0.242 e. The van der Waals surface area contributed by atoms with E-state index in [1.807, 2.05) is 37.3 Å². The number of hydrogen-bond donors (Lipinski definition) is 1. The number of para-hydroxylation sites is 1. The van der Waals surface area contributed by atoms with Gasteiger partial charge in [0.2, 0.25) is 21.8 Å². The van der Waals surface area contributed by atoms with E-state index >= 15 is 0 Å². The molecule has 0 heterocycles. The Labute approximate surface area is 205 Å². The number of nitrogens with one attached hydrogen (secondary N) is 1. The third-order valence-corrected chi connectivity index (χ3v) is 6.84. The van der Waals surface area contributed by atoms with Gasteiger partial charge < -0.3 is 10.2 Å². The Morgan fingerprint density at radius 1 is 1.09 bits per heavy atom. The van der Waals surface area contributed by atoms with Gasteiger partial charge in [-0.3, -0.25) is 13.9 Å². The molecule has 0 radical (unpaired) electrons. The summed E-state index contributed by atoms with van der Waals surface area (Å²) in [6, 6.07) is 15.8. The van der Waals surface area contributed by atoms with Crippen molar-refractivity contribution in [3.8, 4) is 0 Å². The quantitative estimate of drug-likeness (QED) is 0.444. The number of amides is 2. The van der Waals surface area contributed by atoms with E-state index in [-0.39, 0.29) is 31.3 Å². The van der Waals surface area contributed by atoms with Crippen LogP contribution in [0.1, 0.15) is 38.7 Å². The van der Waals surface area contributed by atoms with Gasteiger partial charge in [0.25, 0.3) is 0 Å². The Hall–Kier alpha value is -2.39. The highest BCUT2D eigenvalue weighted by Gasteiger charge is 2.26. The highest BCUT2D eigenvalue weighted by atomic mass is 79.9. The third-order valence-electron chi connectivity index (χ3n) is 5.15. The van der Waals surface area contributed by atoms with Crippen LogP contribution in [0.4, 0.5) is 5.69 Å². The molecule has 2 aromatic rings. The molecule has 0 saturated carbocycles. The predicted octanol–water partition coefficient (Wildman–Crippen LogP) is 3.94. The second kappa shape index (κ2) is 12.7. The molecule has 2 rings (SSSR count). The lowest BCUT2D eigenvalue weighted by Crippen LogP contribution is -2.47. The van der Waals surface area contributed by atoms with Gasteiger partial charge in [0.15, 0.2) is 0 Å². The Morgan fingerprint density at radius 3 is 2.39 bits per heavy atom. The summed E-state index contributed by atoms with van der Waals surface area (Å²) in [7, 11) is -3.49. The fourth-order valence-corrected chi connectivity index (χ4v) is 4.82. The minimum absolute atomic E-state index is 0.123. The van der Waals surface area contributed by atoms with Gasteiger partial charge in [-0.25, -0.2) is 8.42 Å². The molecule has 0 spiro atoms. The number of hydrogen-bond acceptors (Lipinski definition) is 4. The molecular formula is C24H32BrN3O4S. The first kappa shape index (κ1) is 26.9. The van der Waals surface area contributed by atoms with Crippen molar-refractivity contribution >= 4 is 43.5 Å². The van der Waals surface area contributed by atoms with Crippen LogP contribution in [0.15, 0.2) is 59.1 Å². The third kappa shape index (κ3) is 8.47. The zero-order valence-electron chi connectivity index (χ0n) is 19.3. The Kier molecular flexibility index (Phi) is 10.4. The van der Waals surface area contributed by atoms with Crippen LogP contribution in [0.25, 0.3) is 0 Å². The molecule has 1 N–H and O–H groups in total. The van der Waals surface area contributed by atoms with E-state index in [4.69, 9.17) is 0 Å². The Morgan fingerprint density at radius 2 is 1.79 bits per heavy atom. The molecule has 2 amide bonds. The maximum atomic E-state index is 13.2.